The minimum Gasteiger partial charge on any atom is -0.382 e. The molecule has 0 aliphatic carbocycles. The van der Waals surface area contributed by atoms with Crippen molar-refractivity contribution in [2.45, 2.75) is 0 Å². The molecule has 1 aromatic rings. The van der Waals surface area contributed by atoms with Gasteiger partial charge in [-0.3, -0.25) is 4.79 Å². The summed E-state index contributed by atoms with van der Waals surface area (Å²) in [5.74, 6) is -0.249. The highest BCUT2D eigenvalue weighted by atomic mass is 32.2. The van der Waals surface area contributed by atoms with Crippen molar-refractivity contribution in [3.05, 3.63) is 29.8 Å². The number of aldehydes is 1. The van der Waals surface area contributed by atoms with Crippen LogP contribution in [0.1, 0.15) is 10.4 Å². The minimum absolute atomic E-state index is 0.0222. The molecule has 0 atom stereocenters. The Morgan fingerprint density at radius 2 is 2.00 bits per heavy atom. The molecule has 0 bridgehead atoms. The van der Waals surface area contributed by atoms with Gasteiger partial charge in [0.05, 0.1) is 11.3 Å². The molecule has 0 spiro atoms. The van der Waals surface area contributed by atoms with Crippen molar-refractivity contribution in [1.29, 1.82) is 0 Å². The van der Waals surface area contributed by atoms with Crippen molar-refractivity contribution in [1.82, 2.24) is 0 Å². The van der Waals surface area contributed by atoms with E-state index in [4.69, 9.17) is 9.92 Å². The molecule has 0 aliphatic rings. The van der Waals surface area contributed by atoms with E-state index in [1.165, 1.54) is 12.1 Å². The highest BCUT2D eigenvalue weighted by Crippen LogP contribution is 2.17. The fourth-order valence-corrected chi connectivity index (χ4v) is 1.77. The maximum absolute atomic E-state index is 11.2. The molecule has 1 aromatic carbocycles. The smallest absolute Gasteiger partial charge is 0.310 e. The molecule has 0 fully saturated rings. The zero-order valence-corrected chi connectivity index (χ0v) is 8.74. The third kappa shape index (κ3) is 3.34. The molecular weight excluding hydrogens is 218 g/mol. The predicted molar refractivity (Wildman–Crippen MR) is 55.3 cm³/mol. The van der Waals surface area contributed by atoms with Crippen molar-refractivity contribution >= 4 is 16.4 Å². The van der Waals surface area contributed by atoms with E-state index in [9.17, 15) is 13.2 Å². The van der Waals surface area contributed by atoms with Crippen molar-refractivity contribution < 1.29 is 17.4 Å². The van der Waals surface area contributed by atoms with Crippen LogP contribution in [0.15, 0.2) is 24.3 Å². The van der Waals surface area contributed by atoms with Crippen LogP contribution < -0.4 is 9.92 Å². The highest BCUT2D eigenvalue weighted by Gasteiger charge is 2.13. The van der Waals surface area contributed by atoms with Gasteiger partial charge >= 0.3 is 10.1 Å². The maximum Gasteiger partial charge on any atom is 0.310 e. The molecule has 0 aliphatic heterocycles. The second-order valence-electron chi connectivity index (χ2n) is 2.79. The predicted octanol–water partition coefficient (Wildman–Crippen LogP) is 0.166. The van der Waals surface area contributed by atoms with Gasteiger partial charge in [0.25, 0.3) is 0 Å². The van der Waals surface area contributed by atoms with Gasteiger partial charge in [0.2, 0.25) is 0 Å². The lowest BCUT2D eigenvalue weighted by Crippen LogP contribution is -2.20. The summed E-state index contributed by atoms with van der Waals surface area (Å²) in [5, 5.41) is 0. The van der Waals surface area contributed by atoms with Gasteiger partial charge in [-0.25, -0.2) is 0 Å². The minimum atomic E-state index is -3.70. The molecule has 15 heavy (non-hydrogen) atoms. The van der Waals surface area contributed by atoms with Gasteiger partial charge in [-0.2, -0.15) is 8.42 Å². The first kappa shape index (κ1) is 11.7. The maximum atomic E-state index is 11.2. The quantitative estimate of drug-likeness (QED) is 0.574. The van der Waals surface area contributed by atoms with Crippen LogP contribution in [0.25, 0.3) is 0 Å². The summed E-state index contributed by atoms with van der Waals surface area (Å²) in [6.45, 7) is -0.0222. The average Bonchev–Trinajstić information content (AvgIpc) is 2.17. The zero-order chi connectivity index (χ0) is 11.3. The van der Waals surface area contributed by atoms with Crippen LogP contribution >= 0.6 is 0 Å². The van der Waals surface area contributed by atoms with Gasteiger partial charge < -0.3 is 9.92 Å². The van der Waals surface area contributed by atoms with Crippen molar-refractivity contribution in [3.8, 4) is 5.75 Å². The molecule has 2 N–H and O–H groups in total. The summed E-state index contributed by atoms with van der Waals surface area (Å²) in [6, 6.07) is 6.09. The number of para-hydroxylation sites is 1. The first-order chi connectivity index (χ1) is 7.09. The Bertz CT molecular complexity index is 441. The largest absolute Gasteiger partial charge is 0.382 e. The van der Waals surface area contributed by atoms with Crippen molar-refractivity contribution in [2.24, 2.45) is 5.73 Å². The molecule has 0 heterocycles. The Morgan fingerprint density at radius 3 is 2.60 bits per heavy atom. The van der Waals surface area contributed by atoms with Crippen LogP contribution in [0.4, 0.5) is 0 Å². The molecule has 5 nitrogen and oxygen atoms in total. The Kier molecular flexibility index (Phi) is 3.81. The lowest BCUT2D eigenvalue weighted by Gasteiger charge is -2.07. The molecule has 82 valence electrons. The number of rotatable bonds is 5. The number of benzene rings is 1. The normalized spacial score (nSPS) is 11.0. The second kappa shape index (κ2) is 4.90. The van der Waals surface area contributed by atoms with E-state index in [0.29, 0.717) is 6.29 Å². The van der Waals surface area contributed by atoms with Gasteiger partial charge in [-0.15, -0.1) is 0 Å². The SMILES string of the molecule is NCCS(=O)(=O)Oc1ccccc1C=O. The molecule has 0 aromatic heterocycles. The molecule has 6 heteroatoms. The Labute approximate surface area is 88.0 Å². The van der Waals surface area contributed by atoms with E-state index in [1.54, 1.807) is 12.1 Å². The summed E-state index contributed by atoms with van der Waals surface area (Å²) >= 11 is 0. The standard InChI is InChI=1S/C9H11NO4S/c10-5-6-15(12,13)14-9-4-2-1-3-8(9)7-11/h1-4,7H,5-6,10H2. The summed E-state index contributed by atoms with van der Waals surface area (Å²) in [4.78, 5) is 10.6. The number of carbonyl (C=O) groups excluding carboxylic acids is 1. The lowest BCUT2D eigenvalue weighted by atomic mass is 10.2. The van der Waals surface area contributed by atoms with Crippen LogP contribution in [0.3, 0.4) is 0 Å². The molecule has 0 radical (unpaired) electrons. The monoisotopic (exact) mass is 229 g/mol. The third-order valence-corrected chi connectivity index (χ3v) is 2.80. The van der Waals surface area contributed by atoms with Gasteiger partial charge in [0.1, 0.15) is 0 Å². The van der Waals surface area contributed by atoms with Crippen molar-refractivity contribution in [3.63, 3.8) is 0 Å². The third-order valence-electron chi connectivity index (χ3n) is 1.63. The molecule has 1 rings (SSSR count). The van der Waals surface area contributed by atoms with E-state index in [0.717, 1.165) is 0 Å². The van der Waals surface area contributed by atoms with Crippen LogP contribution in [-0.4, -0.2) is 27.0 Å². The molecule has 0 saturated heterocycles. The lowest BCUT2D eigenvalue weighted by molar-refractivity contribution is 0.112. The van der Waals surface area contributed by atoms with E-state index >= 15 is 0 Å². The van der Waals surface area contributed by atoms with E-state index in [1.807, 2.05) is 0 Å². The van der Waals surface area contributed by atoms with Crippen LogP contribution in [-0.2, 0) is 10.1 Å². The van der Waals surface area contributed by atoms with Crippen molar-refractivity contribution in [2.75, 3.05) is 12.3 Å². The van der Waals surface area contributed by atoms with E-state index < -0.39 is 10.1 Å². The second-order valence-corrected chi connectivity index (χ2v) is 4.48. The molecule has 0 unspecified atom stereocenters. The van der Waals surface area contributed by atoms with Gasteiger partial charge in [-0.05, 0) is 12.1 Å². The van der Waals surface area contributed by atoms with Crippen LogP contribution in [0, 0.1) is 0 Å². The summed E-state index contributed by atoms with van der Waals surface area (Å²) in [6.07, 6.45) is 0.535. The Hall–Kier alpha value is -1.40. The van der Waals surface area contributed by atoms with Crippen LogP contribution in [0.5, 0.6) is 5.75 Å². The van der Waals surface area contributed by atoms with E-state index in [-0.39, 0.29) is 23.6 Å². The zero-order valence-electron chi connectivity index (χ0n) is 7.92. The van der Waals surface area contributed by atoms with Gasteiger partial charge in [0, 0.05) is 6.54 Å². The van der Waals surface area contributed by atoms with Gasteiger partial charge in [0.15, 0.2) is 12.0 Å². The Balaban J connectivity index is 2.94. The summed E-state index contributed by atoms with van der Waals surface area (Å²) in [5.41, 5.74) is 5.30. The molecular formula is C9H11NO4S. The Morgan fingerprint density at radius 1 is 1.33 bits per heavy atom. The summed E-state index contributed by atoms with van der Waals surface area (Å²) in [7, 11) is -3.70. The highest BCUT2D eigenvalue weighted by molar-refractivity contribution is 7.87. The first-order valence-corrected chi connectivity index (χ1v) is 5.83. The first-order valence-electron chi connectivity index (χ1n) is 4.25. The summed E-state index contributed by atoms with van der Waals surface area (Å²) < 4.78 is 27.2. The fraction of sp³-hybridized carbons (Fsp3) is 0.222. The topological polar surface area (TPSA) is 86.5 Å². The number of nitrogens with two attached hydrogens (primary N) is 1. The van der Waals surface area contributed by atoms with Crippen LogP contribution in [0.2, 0.25) is 0 Å². The number of hydrogen-bond donors (Lipinski definition) is 1. The molecule has 0 saturated carbocycles. The van der Waals surface area contributed by atoms with E-state index in [2.05, 4.69) is 0 Å². The fourth-order valence-electron chi connectivity index (χ4n) is 0.977. The number of hydrogen-bond acceptors (Lipinski definition) is 5. The average molecular weight is 229 g/mol. The number of carbonyl (C=O) groups is 1. The molecule has 0 amide bonds. The van der Waals surface area contributed by atoms with Gasteiger partial charge in [-0.1, -0.05) is 12.1 Å².